The van der Waals surface area contributed by atoms with Crippen LogP contribution >= 0.6 is 0 Å². The van der Waals surface area contributed by atoms with Crippen LogP contribution in [0.25, 0.3) is 11.4 Å². The Bertz CT molecular complexity index is 578. The normalized spacial score (nSPS) is 14.5. The van der Waals surface area contributed by atoms with Crippen LogP contribution < -0.4 is 0 Å². The Hall–Kier alpha value is -2.44. The molecule has 0 spiro atoms. The summed E-state index contributed by atoms with van der Waals surface area (Å²) in [6, 6.07) is 7.55. The average Bonchev–Trinajstić information content (AvgIpc) is 3.17. The molecule has 0 unspecified atom stereocenters. The third kappa shape index (κ3) is 2.61. The lowest BCUT2D eigenvalue weighted by atomic mass is 10.1. The summed E-state index contributed by atoms with van der Waals surface area (Å²) in [6.07, 6.45) is 1.84. The Morgan fingerprint density at radius 1 is 1.30 bits per heavy atom. The smallest absolute Gasteiger partial charge is 0.410 e. The van der Waals surface area contributed by atoms with E-state index in [2.05, 4.69) is 20.6 Å². The minimum Gasteiger partial charge on any atom is -0.445 e. The maximum atomic E-state index is 11.9. The van der Waals surface area contributed by atoms with Crippen molar-refractivity contribution in [2.75, 3.05) is 13.1 Å². The number of benzene rings is 1. The van der Waals surface area contributed by atoms with E-state index in [-0.39, 0.29) is 12.7 Å². The quantitative estimate of drug-likeness (QED) is 0.918. The summed E-state index contributed by atoms with van der Waals surface area (Å²) in [4.78, 5) is 13.6. The van der Waals surface area contributed by atoms with Crippen molar-refractivity contribution in [3.63, 3.8) is 0 Å². The minimum absolute atomic E-state index is 0.208. The van der Waals surface area contributed by atoms with Crippen LogP contribution in [0.4, 0.5) is 4.79 Å². The minimum atomic E-state index is -0.259. The standard InChI is InChI=1S/C13H15N5O2/c19-13(18-7-3-4-8-18)20-9-10-5-1-2-6-11(10)12-14-16-17-15-12/h1-2,5-6H,3-4,7-9H2,(H,14,15,16,17). The van der Waals surface area contributed by atoms with Crippen LogP contribution in [-0.2, 0) is 11.3 Å². The van der Waals surface area contributed by atoms with Gasteiger partial charge in [0.25, 0.3) is 0 Å². The lowest BCUT2D eigenvalue weighted by Gasteiger charge is -2.15. The molecule has 0 radical (unpaired) electrons. The van der Waals surface area contributed by atoms with Gasteiger partial charge in [0.2, 0.25) is 5.82 Å². The fourth-order valence-corrected chi connectivity index (χ4v) is 2.27. The Balaban J connectivity index is 1.70. The molecule has 1 amide bonds. The molecule has 1 aromatic heterocycles. The van der Waals surface area contributed by atoms with Crippen LogP contribution in [0.5, 0.6) is 0 Å². The molecule has 7 heteroatoms. The van der Waals surface area contributed by atoms with E-state index in [4.69, 9.17) is 4.74 Å². The van der Waals surface area contributed by atoms with Crippen molar-refractivity contribution in [1.82, 2.24) is 25.5 Å². The third-order valence-electron chi connectivity index (χ3n) is 3.32. The molecule has 0 atom stereocenters. The molecule has 7 nitrogen and oxygen atoms in total. The lowest BCUT2D eigenvalue weighted by Crippen LogP contribution is -2.28. The largest absolute Gasteiger partial charge is 0.445 e. The number of hydrogen-bond acceptors (Lipinski definition) is 5. The van der Waals surface area contributed by atoms with Crippen molar-refractivity contribution in [2.45, 2.75) is 19.4 Å². The fraction of sp³-hybridized carbons (Fsp3) is 0.385. The van der Waals surface area contributed by atoms with Crippen molar-refractivity contribution in [2.24, 2.45) is 0 Å². The van der Waals surface area contributed by atoms with Crippen molar-refractivity contribution >= 4 is 6.09 Å². The summed E-state index contributed by atoms with van der Waals surface area (Å²) in [5.74, 6) is 0.498. The molecule has 0 aliphatic carbocycles. The maximum Gasteiger partial charge on any atom is 0.410 e. The van der Waals surface area contributed by atoms with Gasteiger partial charge in [-0.1, -0.05) is 24.3 Å². The zero-order chi connectivity index (χ0) is 13.8. The highest BCUT2D eigenvalue weighted by molar-refractivity contribution is 5.68. The molecule has 3 rings (SSSR count). The second kappa shape index (κ2) is 5.68. The first-order valence-electron chi connectivity index (χ1n) is 6.58. The number of aromatic nitrogens is 4. The zero-order valence-electron chi connectivity index (χ0n) is 11.0. The highest BCUT2D eigenvalue weighted by Crippen LogP contribution is 2.20. The zero-order valence-corrected chi connectivity index (χ0v) is 11.0. The predicted octanol–water partition coefficient (Wildman–Crippen LogP) is 1.60. The Labute approximate surface area is 115 Å². The molecule has 0 saturated carbocycles. The number of carbonyl (C=O) groups excluding carboxylic acids is 1. The van der Waals surface area contributed by atoms with Crippen LogP contribution in [0.15, 0.2) is 24.3 Å². The summed E-state index contributed by atoms with van der Waals surface area (Å²) in [7, 11) is 0. The van der Waals surface area contributed by atoms with Gasteiger partial charge in [0.15, 0.2) is 0 Å². The summed E-state index contributed by atoms with van der Waals surface area (Å²) >= 11 is 0. The number of likely N-dealkylation sites (tertiary alicyclic amines) is 1. The van der Waals surface area contributed by atoms with Gasteiger partial charge in [-0.3, -0.25) is 0 Å². The predicted molar refractivity (Wildman–Crippen MR) is 70.6 cm³/mol. The number of rotatable bonds is 3. The molecule has 1 aliphatic rings. The molecular formula is C13H15N5O2. The molecule has 20 heavy (non-hydrogen) atoms. The van der Waals surface area contributed by atoms with E-state index in [9.17, 15) is 4.79 Å². The number of amides is 1. The van der Waals surface area contributed by atoms with Crippen molar-refractivity contribution in [3.05, 3.63) is 29.8 Å². The molecule has 1 saturated heterocycles. The number of nitrogens with zero attached hydrogens (tertiary/aromatic N) is 4. The van der Waals surface area contributed by atoms with Gasteiger partial charge in [0.05, 0.1) is 0 Å². The molecule has 1 N–H and O–H groups in total. The van der Waals surface area contributed by atoms with Crippen molar-refractivity contribution in [3.8, 4) is 11.4 Å². The average molecular weight is 273 g/mol. The number of nitrogens with one attached hydrogen (secondary N) is 1. The highest BCUT2D eigenvalue weighted by Gasteiger charge is 2.19. The monoisotopic (exact) mass is 273 g/mol. The van der Waals surface area contributed by atoms with Gasteiger partial charge in [-0.25, -0.2) is 4.79 Å². The van der Waals surface area contributed by atoms with Crippen molar-refractivity contribution < 1.29 is 9.53 Å². The Kier molecular flexibility index (Phi) is 3.58. The molecule has 2 aromatic rings. The second-order valence-electron chi connectivity index (χ2n) is 4.64. The molecule has 0 bridgehead atoms. The van der Waals surface area contributed by atoms with Crippen LogP contribution in [0.3, 0.4) is 0 Å². The van der Waals surface area contributed by atoms with Gasteiger partial charge in [-0.05, 0) is 18.1 Å². The topological polar surface area (TPSA) is 84.0 Å². The van der Waals surface area contributed by atoms with Crippen LogP contribution in [0, 0.1) is 0 Å². The Morgan fingerprint density at radius 3 is 2.85 bits per heavy atom. The molecule has 2 heterocycles. The summed E-state index contributed by atoms with van der Waals surface area (Å²) < 4.78 is 5.35. The highest BCUT2D eigenvalue weighted by atomic mass is 16.6. The van der Waals surface area contributed by atoms with Crippen LogP contribution in [-0.4, -0.2) is 44.7 Å². The first-order chi connectivity index (χ1) is 9.84. The number of aromatic amines is 1. The van der Waals surface area contributed by atoms with Gasteiger partial charge >= 0.3 is 6.09 Å². The summed E-state index contributed by atoms with van der Waals surface area (Å²) in [5.41, 5.74) is 1.68. The summed E-state index contributed by atoms with van der Waals surface area (Å²) in [5, 5.41) is 13.9. The van der Waals surface area contributed by atoms with Gasteiger partial charge in [0, 0.05) is 24.2 Å². The number of H-pyrrole nitrogens is 1. The van der Waals surface area contributed by atoms with Gasteiger partial charge in [-0.2, -0.15) is 5.21 Å². The molecule has 1 aromatic carbocycles. The van der Waals surface area contributed by atoms with Crippen LogP contribution in [0.1, 0.15) is 18.4 Å². The van der Waals surface area contributed by atoms with E-state index in [1.165, 1.54) is 0 Å². The van der Waals surface area contributed by atoms with E-state index in [1.54, 1.807) is 4.90 Å². The van der Waals surface area contributed by atoms with E-state index < -0.39 is 0 Å². The van der Waals surface area contributed by atoms with E-state index >= 15 is 0 Å². The van der Waals surface area contributed by atoms with Gasteiger partial charge in [-0.15, -0.1) is 10.2 Å². The molecule has 1 aliphatic heterocycles. The Morgan fingerprint density at radius 2 is 2.10 bits per heavy atom. The fourth-order valence-electron chi connectivity index (χ4n) is 2.27. The SMILES string of the molecule is O=C(OCc1ccccc1-c1nn[nH]n1)N1CCCC1. The molecule has 1 fully saturated rings. The molecular weight excluding hydrogens is 258 g/mol. The lowest BCUT2D eigenvalue weighted by molar-refractivity contribution is 0.104. The number of hydrogen-bond donors (Lipinski definition) is 1. The number of carbonyl (C=O) groups is 1. The van der Waals surface area contributed by atoms with E-state index in [0.717, 1.165) is 37.1 Å². The van der Waals surface area contributed by atoms with E-state index in [1.807, 2.05) is 24.3 Å². The molecule has 104 valence electrons. The first-order valence-corrected chi connectivity index (χ1v) is 6.58. The number of ether oxygens (including phenoxy) is 1. The second-order valence-corrected chi connectivity index (χ2v) is 4.64. The maximum absolute atomic E-state index is 11.9. The number of tetrazole rings is 1. The summed E-state index contributed by atoms with van der Waals surface area (Å²) in [6.45, 7) is 1.77. The van der Waals surface area contributed by atoms with Crippen molar-refractivity contribution in [1.29, 1.82) is 0 Å². The third-order valence-corrected chi connectivity index (χ3v) is 3.32. The first kappa shape index (κ1) is 12.6. The van der Waals surface area contributed by atoms with Crippen LogP contribution in [0.2, 0.25) is 0 Å². The van der Waals surface area contributed by atoms with E-state index in [0.29, 0.717) is 5.82 Å². The van der Waals surface area contributed by atoms with Gasteiger partial charge < -0.3 is 9.64 Å². The van der Waals surface area contributed by atoms with Gasteiger partial charge in [0.1, 0.15) is 6.61 Å².